The summed E-state index contributed by atoms with van der Waals surface area (Å²) in [6, 6.07) is 52.6. The summed E-state index contributed by atoms with van der Waals surface area (Å²) in [4.78, 5) is 124. The molecule has 2 saturated heterocycles. The fraction of sp³-hybridized carbons (Fsp3) is 0.282. The van der Waals surface area contributed by atoms with Crippen LogP contribution in [0.4, 0.5) is 0 Å². The molecule has 500 valence electrons. The Balaban J connectivity index is 1.08. The van der Waals surface area contributed by atoms with Gasteiger partial charge in [0.25, 0.3) is 0 Å². The highest BCUT2D eigenvalue weighted by molar-refractivity contribution is 5.93. The topological polar surface area (TPSA) is 334 Å². The Bertz CT molecular complexity index is 3720. The van der Waals surface area contributed by atoms with E-state index in [1.807, 2.05) is 0 Å². The van der Waals surface area contributed by atoms with Crippen LogP contribution in [0.1, 0.15) is 92.8 Å². The second kappa shape index (κ2) is 34.1. The minimum atomic E-state index is -2.53. The maximum atomic E-state index is 14.3. The fourth-order valence-electron chi connectivity index (χ4n) is 10.2. The van der Waals surface area contributed by atoms with Crippen LogP contribution in [0.15, 0.2) is 212 Å². The van der Waals surface area contributed by atoms with Crippen LogP contribution in [0.25, 0.3) is 0 Å². The van der Waals surface area contributed by atoms with Gasteiger partial charge in [0.15, 0.2) is 55.5 Å². The number of aliphatic hydroxyl groups excluding tert-OH is 3. The van der Waals surface area contributed by atoms with E-state index >= 15 is 0 Å². The molecule has 0 bridgehead atoms. The second-order valence-electron chi connectivity index (χ2n) is 21.6. The molecule has 0 aliphatic carbocycles. The van der Waals surface area contributed by atoms with Gasteiger partial charge in [-0.05, 0) is 84.9 Å². The standard InChI is InChI=1S/C71H66O25/c1-42(72)87-57-53(41-86-69(82)60(95-68(81)50-36-22-9-23-37-50)56(93-66(79)48-32-18-7-19-33-48)51(89-64(77)46-28-14-5-15-29-46)38-39-84-62(75)44-24-10-3-11-25-44)90-70(83)61(88-43(2)73)59(57)96-71-58(94-67(80)49-34-20-8-21-35-49)54(74)55(92-65(78)47-30-16-6-17-31-47)52(91-71)40-85-63(76)45-26-12-4-13-27-45/h3-37,51-61,69-71,74,82-83H,38-41H2,1-2H3. The summed E-state index contributed by atoms with van der Waals surface area (Å²) in [5.74, 6) is -9.26. The van der Waals surface area contributed by atoms with E-state index in [0.717, 1.165) is 13.8 Å². The Morgan fingerprint density at radius 3 is 1.19 bits per heavy atom. The highest BCUT2D eigenvalue weighted by atomic mass is 16.8. The Morgan fingerprint density at radius 1 is 0.385 bits per heavy atom. The van der Waals surface area contributed by atoms with Crippen molar-refractivity contribution in [2.45, 2.75) is 106 Å². The maximum Gasteiger partial charge on any atom is 0.338 e. The third-order valence-electron chi connectivity index (χ3n) is 14.8. The largest absolute Gasteiger partial charge is 0.462 e. The SMILES string of the molecule is CC(=O)OC1C(O)OC(COC(O)C(OC(=O)c2ccccc2)C(OC(=O)c2ccccc2)C(CCOC(=O)c2ccccc2)OC(=O)c2ccccc2)C(OC(C)=O)C1OC1OC(COC(=O)c2ccccc2)C(OC(=O)c2ccccc2)C(O)C1OC(=O)c1ccccc1. The highest BCUT2D eigenvalue weighted by Crippen LogP contribution is 2.36. The molecule has 7 aromatic carbocycles. The molecule has 25 heteroatoms. The van der Waals surface area contributed by atoms with E-state index < -0.39 is 166 Å². The van der Waals surface area contributed by atoms with Gasteiger partial charge in [-0.3, -0.25) is 9.59 Å². The zero-order chi connectivity index (χ0) is 68.1. The first-order valence-electron chi connectivity index (χ1n) is 30.1. The summed E-state index contributed by atoms with van der Waals surface area (Å²) >= 11 is 0. The van der Waals surface area contributed by atoms with Crippen LogP contribution in [-0.4, -0.2) is 175 Å². The Labute approximate surface area is 549 Å². The van der Waals surface area contributed by atoms with Crippen molar-refractivity contribution in [3.63, 3.8) is 0 Å². The van der Waals surface area contributed by atoms with E-state index in [4.69, 9.17) is 61.6 Å². The number of carbonyl (C=O) groups is 9. The number of benzene rings is 7. The van der Waals surface area contributed by atoms with Crippen LogP contribution in [0.2, 0.25) is 0 Å². The lowest BCUT2D eigenvalue weighted by Gasteiger charge is -2.48. The van der Waals surface area contributed by atoms with E-state index in [1.54, 1.807) is 66.7 Å². The summed E-state index contributed by atoms with van der Waals surface area (Å²) in [5.41, 5.74) is -0.0379. The van der Waals surface area contributed by atoms with Crippen LogP contribution in [0.3, 0.4) is 0 Å². The van der Waals surface area contributed by atoms with Crippen molar-refractivity contribution in [1.29, 1.82) is 0 Å². The molecular formula is C71H66O25. The van der Waals surface area contributed by atoms with Gasteiger partial charge < -0.3 is 76.9 Å². The summed E-state index contributed by atoms with van der Waals surface area (Å²) < 4.78 is 77.6. The molecule has 2 aliphatic heterocycles. The van der Waals surface area contributed by atoms with E-state index in [0.29, 0.717) is 0 Å². The third-order valence-corrected chi connectivity index (χ3v) is 14.8. The summed E-state index contributed by atoms with van der Waals surface area (Å²) in [6.07, 6.45) is -29.5. The van der Waals surface area contributed by atoms with Crippen molar-refractivity contribution >= 4 is 53.7 Å². The van der Waals surface area contributed by atoms with Gasteiger partial charge in [0.1, 0.15) is 37.1 Å². The molecule has 0 aromatic heterocycles. The minimum Gasteiger partial charge on any atom is -0.462 e. The maximum absolute atomic E-state index is 14.3. The number of aliphatic hydroxyl groups is 3. The van der Waals surface area contributed by atoms with Gasteiger partial charge in [0, 0.05) is 20.3 Å². The number of hydrogen-bond acceptors (Lipinski definition) is 25. The van der Waals surface area contributed by atoms with Gasteiger partial charge in [-0.25, -0.2) is 33.6 Å². The second-order valence-corrected chi connectivity index (χ2v) is 21.6. The molecule has 7 aromatic rings. The summed E-state index contributed by atoms with van der Waals surface area (Å²) in [5, 5.41) is 37.0. The number of hydrogen-bond donors (Lipinski definition) is 3. The third kappa shape index (κ3) is 18.9. The average molecular weight is 1320 g/mol. The Hall–Kier alpha value is -10.5. The molecule has 0 amide bonds. The van der Waals surface area contributed by atoms with E-state index in [2.05, 4.69) is 0 Å². The lowest BCUT2D eigenvalue weighted by molar-refractivity contribution is -0.358. The predicted octanol–water partition coefficient (Wildman–Crippen LogP) is 6.61. The fourth-order valence-corrected chi connectivity index (χ4v) is 10.2. The molecule has 2 fully saturated rings. The predicted molar refractivity (Wildman–Crippen MR) is 330 cm³/mol. The van der Waals surface area contributed by atoms with Crippen molar-refractivity contribution in [1.82, 2.24) is 0 Å². The number of rotatable bonds is 27. The molecule has 96 heavy (non-hydrogen) atoms. The van der Waals surface area contributed by atoms with Crippen molar-refractivity contribution in [3.8, 4) is 0 Å². The van der Waals surface area contributed by atoms with Crippen LogP contribution in [0, 0.1) is 0 Å². The molecule has 9 rings (SSSR count). The monoisotopic (exact) mass is 1320 g/mol. The van der Waals surface area contributed by atoms with E-state index in [1.165, 1.54) is 146 Å². The first-order valence-corrected chi connectivity index (χ1v) is 30.1. The average Bonchev–Trinajstić information content (AvgIpc) is 0.776. The van der Waals surface area contributed by atoms with Gasteiger partial charge >= 0.3 is 53.7 Å². The molecular weight excluding hydrogens is 1250 g/mol. The van der Waals surface area contributed by atoms with Crippen LogP contribution in [-0.2, 0) is 71.2 Å². The van der Waals surface area contributed by atoms with Crippen LogP contribution < -0.4 is 0 Å². The highest BCUT2D eigenvalue weighted by Gasteiger charge is 2.57. The molecule has 3 N–H and O–H groups in total. The van der Waals surface area contributed by atoms with Crippen LogP contribution >= 0.6 is 0 Å². The number of ether oxygens (including phenoxy) is 13. The quantitative estimate of drug-likeness (QED) is 0.0277. The first-order chi connectivity index (χ1) is 46.4. The van der Waals surface area contributed by atoms with Gasteiger partial charge in [0.05, 0.1) is 52.2 Å². The molecule has 2 aliphatic rings. The molecule has 0 spiro atoms. The lowest BCUT2D eigenvalue weighted by Crippen LogP contribution is -2.67. The van der Waals surface area contributed by atoms with Crippen molar-refractivity contribution < 1.29 is 120 Å². The number of carbonyl (C=O) groups excluding carboxylic acids is 9. The minimum absolute atomic E-state index is 0.00137. The van der Waals surface area contributed by atoms with Crippen molar-refractivity contribution in [2.75, 3.05) is 19.8 Å². The molecule has 0 radical (unpaired) electrons. The summed E-state index contributed by atoms with van der Waals surface area (Å²) in [6.45, 7) is -0.514. The smallest absolute Gasteiger partial charge is 0.338 e. The number of esters is 9. The van der Waals surface area contributed by atoms with E-state index in [-0.39, 0.29) is 38.9 Å². The molecule has 14 atom stereocenters. The lowest BCUT2D eigenvalue weighted by atomic mass is 9.96. The Morgan fingerprint density at radius 2 is 0.750 bits per heavy atom. The molecule has 2 heterocycles. The van der Waals surface area contributed by atoms with Crippen molar-refractivity contribution in [3.05, 3.63) is 251 Å². The Kier molecular flexibility index (Phi) is 24.8. The zero-order valence-electron chi connectivity index (χ0n) is 51.4. The van der Waals surface area contributed by atoms with Gasteiger partial charge in [-0.15, -0.1) is 0 Å². The summed E-state index contributed by atoms with van der Waals surface area (Å²) in [7, 11) is 0. The normalized spacial score (nSPS) is 21.8. The molecule has 0 saturated carbocycles. The van der Waals surface area contributed by atoms with Gasteiger partial charge in [-0.2, -0.15) is 0 Å². The van der Waals surface area contributed by atoms with Crippen LogP contribution in [0.5, 0.6) is 0 Å². The van der Waals surface area contributed by atoms with Crippen molar-refractivity contribution in [2.24, 2.45) is 0 Å². The van der Waals surface area contributed by atoms with E-state index in [9.17, 15) is 58.5 Å². The van der Waals surface area contributed by atoms with Gasteiger partial charge in [0.2, 0.25) is 0 Å². The molecule has 25 nitrogen and oxygen atoms in total. The molecule has 14 unspecified atom stereocenters. The zero-order valence-corrected chi connectivity index (χ0v) is 51.4. The first kappa shape index (κ1) is 69.8. The van der Waals surface area contributed by atoms with Gasteiger partial charge in [-0.1, -0.05) is 127 Å².